The number of fused-ring (bicyclic) bond motifs is 1. The van der Waals surface area contributed by atoms with Crippen molar-refractivity contribution in [2.24, 2.45) is 7.05 Å². The van der Waals surface area contributed by atoms with Crippen LogP contribution in [-0.4, -0.2) is 51.9 Å². The van der Waals surface area contributed by atoms with Crippen LogP contribution in [0.2, 0.25) is 0 Å². The minimum Gasteiger partial charge on any atom is -0.496 e. The van der Waals surface area contributed by atoms with Gasteiger partial charge in [-0.05, 0) is 85.7 Å². The number of hydrogen-bond acceptors (Lipinski definition) is 7. The maximum atomic E-state index is 13.3. The molecule has 0 aliphatic heterocycles. The Hall–Kier alpha value is -4.79. The van der Waals surface area contributed by atoms with Gasteiger partial charge in [-0.3, -0.25) is 10.1 Å². The Balaban J connectivity index is 1.32. The fourth-order valence-corrected chi connectivity index (χ4v) is 6.88. The largest absolute Gasteiger partial charge is 0.496 e. The van der Waals surface area contributed by atoms with E-state index in [4.69, 9.17) is 14.2 Å². The molecule has 5 rings (SSSR count). The molecule has 4 aromatic rings. The lowest BCUT2D eigenvalue weighted by Gasteiger charge is -2.13. The third-order valence-corrected chi connectivity index (χ3v) is 9.49. The average molecular weight is 658 g/mol. The lowest BCUT2D eigenvalue weighted by atomic mass is 10.0. The molecule has 1 aliphatic rings. The van der Waals surface area contributed by atoms with Crippen LogP contribution in [0.3, 0.4) is 0 Å². The van der Waals surface area contributed by atoms with Crippen molar-refractivity contribution in [1.82, 2.24) is 9.29 Å². The zero-order valence-corrected chi connectivity index (χ0v) is 27.6. The van der Waals surface area contributed by atoms with Gasteiger partial charge in [-0.25, -0.2) is 17.9 Å². The molecule has 0 unspecified atom stereocenters. The van der Waals surface area contributed by atoms with Gasteiger partial charge >= 0.3 is 6.09 Å². The molecule has 0 bridgehead atoms. The van der Waals surface area contributed by atoms with Crippen molar-refractivity contribution in [3.8, 4) is 17.6 Å². The molecule has 1 aromatic heterocycles. The molecule has 0 atom stereocenters. The van der Waals surface area contributed by atoms with Crippen molar-refractivity contribution in [3.63, 3.8) is 0 Å². The number of ether oxygens (including phenoxy) is 3. The van der Waals surface area contributed by atoms with Crippen LogP contribution in [0, 0.1) is 11.8 Å². The van der Waals surface area contributed by atoms with Gasteiger partial charge in [0.05, 0.1) is 7.11 Å². The molecule has 2 N–H and O–H groups in total. The molecule has 0 radical (unpaired) electrons. The second-order valence-corrected chi connectivity index (χ2v) is 13.1. The second-order valence-electron chi connectivity index (χ2n) is 11.5. The number of aromatic nitrogens is 1. The van der Waals surface area contributed by atoms with Crippen molar-refractivity contribution in [2.45, 2.75) is 55.9 Å². The van der Waals surface area contributed by atoms with E-state index >= 15 is 0 Å². The quantitative estimate of drug-likeness (QED) is 0.146. The second kappa shape index (κ2) is 15.2. The number of aryl methyl sites for hydroxylation is 1. The molecule has 246 valence electrons. The van der Waals surface area contributed by atoms with Crippen LogP contribution in [0.25, 0.3) is 10.9 Å². The number of rotatable bonds is 11. The van der Waals surface area contributed by atoms with E-state index in [-0.39, 0.29) is 16.6 Å². The molecular weight excluding hydrogens is 618 g/mol. The molecule has 0 saturated heterocycles. The number of unbranched alkanes of at least 4 members (excludes halogenated alkanes) is 1. The normalized spacial score (nSPS) is 13.2. The number of anilines is 1. The summed E-state index contributed by atoms with van der Waals surface area (Å²) < 4.78 is 46.9. The maximum Gasteiger partial charge on any atom is 0.411 e. The Bertz CT molecular complexity index is 1930. The lowest BCUT2D eigenvalue weighted by Crippen LogP contribution is -2.31. The van der Waals surface area contributed by atoms with Gasteiger partial charge in [0.2, 0.25) is 0 Å². The fraction of sp³-hybridized carbons (Fsp3) is 0.333. The monoisotopic (exact) mass is 657 g/mol. The molecule has 2 amide bonds. The van der Waals surface area contributed by atoms with Crippen molar-refractivity contribution in [3.05, 3.63) is 89.1 Å². The molecule has 1 saturated carbocycles. The lowest BCUT2D eigenvalue weighted by molar-refractivity contribution is 0.0980. The number of carbonyl (C=O) groups excluding carboxylic acids is 2. The Morgan fingerprint density at radius 1 is 1.00 bits per heavy atom. The van der Waals surface area contributed by atoms with Crippen LogP contribution in [0.4, 0.5) is 10.5 Å². The van der Waals surface area contributed by atoms with E-state index < -0.39 is 22.0 Å². The molecule has 0 spiro atoms. The summed E-state index contributed by atoms with van der Waals surface area (Å²) in [5, 5.41) is 3.80. The number of amides is 2. The number of sulfonamides is 1. The standard InChI is InChI=1S/C36H39N3O7S/c1-39-24-28(31-23-29(18-19-32(31)39)37-36(41)46-30-13-7-8-14-30)21-26-16-17-27(22-33(26)45-3)35(40)38-47(42,43)34-15-9-6-12-25(34)11-5-4-10-20-44-2/h6,9,12,15-19,22-24,30H,4,7-8,10,13-14,20-21H2,1-3H3,(H,37,41)(H,38,40). The number of carbonyl (C=O) groups is 2. The average Bonchev–Trinajstić information content (AvgIpc) is 3.68. The van der Waals surface area contributed by atoms with Crippen molar-refractivity contribution >= 4 is 38.6 Å². The first-order valence-corrected chi connectivity index (χ1v) is 17.0. The highest BCUT2D eigenvalue weighted by atomic mass is 32.2. The van der Waals surface area contributed by atoms with Gasteiger partial charge in [-0.2, -0.15) is 0 Å². The molecule has 1 fully saturated rings. The van der Waals surface area contributed by atoms with Crippen molar-refractivity contribution in [1.29, 1.82) is 0 Å². The minimum absolute atomic E-state index is 0.0323. The van der Waals surface area contributed by atoms with Gasteiger partial charge in [-0.15, -0.1) is 0 Å². The van der Waals surface area contributed by atoms with E-state index in [0.29, 0.717) is 36.4 Å². The predicted octanol–water partition coefficient (Wildman–Crippen LogP) is 6.17. The summed E-state index contributed by atoms with van der Waals surface area (Å²) in [5.74, 6) is 5.50. The number of nitrogens with one attached hydrogen (secondary N) is 2. The third-order valence-electron chi connectivity index (χ3n) is 8.10. The number of hydrogen-bond donors (Lipinski definition) is 2. The molecule has 3 aromatic carbocycles. The van der Waals surface area contributed by atoms with E-state index in [1.54, 1.807) is 37.4 Å². The molecule has 1 heterocycles. The first-order valence-electron chi connectivity index (χ1n) is 15.5. The van der Waals surface area contributed by atoms with Crippen LogP contribution in [0.1, 0.15) is 65.6 Å². The van der Waals surface area contributed by atoms with Crippen molar-refractivity contribution in [2.75, 3.05) is 26.1 Å². The van der Waals surface area contributed by atoms with Gasteiger partial charge < -0.3 is 18.8 Å². The third kappa shape index (κ3) is 8.33. The van der Waals surface area contributed by atoms with Gasteiger partial charge in [0.15, 0.2) is 0 Å². The Morgan fingerprint density at radius 2 is 1.79 bits per heavy atom. The summed E-state index contributed by atoms with van der Waals surface area (Å²) in [6.45, 7) is 0.561. The van der Waals surface area contributed by atoms with E-state index in [1.807, 2.05) is 36.0 Å². The summed E-state index contributed by atoms with van der Waals surface area (Å²) in [6, 6.07) is 16.9. The number of methoxy groups -OCH3 is 2. The van der Waals surface area contributed by atoms with Gasteiger partial charge in [0.1, 0.15) is 16.7 Å². The van der Waals surface area contributed by atoms with Gasteiger partial charge in [0, 0.05) is 67.5 Å². The summed E-state index contributed by atoms with van der Waals surface area (Å²) in [6.07, 6.45) is 7.20. The van der Waals surface area contributed by atoms with Crippen LogP contribution >= 0.6 is 0 Å². The van der Waals surface area contributed by atoms with Crippen LogP contribution in [-0.2, 0) is 33.0 Å². The van der Waals surface area contributed by atoms with E-state index in [0.717, 1.165) is 54.1 Å². The summed E-state index contributed by atoms with van der Waals surface area (Å²) >= 11 is 0. The smallest absolute Gasteiger partial charge is 0.411 e. The SMILES string of the molecule is COCCCC#Cc1ccccc1S(=O)(=O)NC(=O)c1ccc(Cc2cn(C)c3ccc(NC(=O)OC4CCCC4)cc23)c(OC)c1. The van der Waals surface area contributed by atoms with Crippen molar-refractivity contribution < 1.29 is 32.2 Å². The summed E-state index contributed by atoms with van der Waals surface area (Å²) in [4.78, 5) is 25.6. The summed E-state index contributed by atoms with van der Waals surface area (Å²) in [7, 11) is 0.844. The van der Waals surface area contributed by atoms with Gasteiger partial charge in [-0.1, -0.05) is 30.0 Å². The van der Waals surface area contributed by atoms with Crippen LogP contribution < -0.4 is 14.8 Å². The Kier molecular flexibility index (Phi) is 10.9. The highest BCUT2D eigenvalue weighted by molar-refractivity contribution is 7.90. The molecular formula is C36H39N3O7S. The van der Waals surface area contributed by atoms with E-state index in [9.17, 15) is 18.0 Å². The first-order chi connectivity index (χ1) is 22.7. The molecule has 47 heavy (non-hydrogen) atoms. The minimum atomic E-state index is -4.21. The van der Waals surface area contributed by atoms with E-state index in [1.165, 1.54) is 19.2 Å². The first kappa shape index (κ1) is 33.6. The van der Waals surface area contributed by atoms with Crippen LogP contribution in [0.5, 0.6) is 5.75 Å². The Labute approximate surface area is 275 Å². The van der Waals surface area contributed by atoms with E-state index in [2.05, 4.69) is 21.9 Å². The molecule has 1 aliphatic carbocycles. The zero-order chi connectivity index (χ0) is 33.4. The highest BCUT2D eigenvalue weighted by Crippen LogP contribution is 2.30. The maximum absolute atomic E-state index is 13.3. The van der Waals surface area contributed by atoms with Gasteiger partial charge in [0.25, 0.3) is 15.9 Å². The number of benzene rings is 3. The predicted molar refractivity (Wildman–Crippen MR) is 180 cm³/mol. The highest BCUT2D eigenvalue weighted by Gasteiger charge is 2.23. The fourth-order valence-electron chi connectivity index (χ4n) is 5.74. The Morgan fingerprint density at radius 3 is 2.55 bits per heavy atom. The number of nitrogens with zero attached hydrogens (tertiary/aromatic N) is 1. The van der Waals surface area contributed by atoms with Crippen LogP contribution in [0.15, 0.2) is 71.8 Å². The molecule has 10 nitrogen and oxygen atoms in total. The zero-order valence-electron chi connectivity index (χ0n) is 26.8. The summed E-state index contributed by atoms with van der Waals surface area (Å²) in [5.41, 5.74) is 3.82. The topological polar surface area (TPSA) is 125 Å². The molecule has 11 heteroatoms.